The van der Waals surface area contributed by atoms with Crippen molar-refractivity contribution in [2.45, 2.75) is 45.6 Å². The summed E-state index contributed by atoms with van der Waals surface area (Å²) in [6, 6.07) is 0.249. The summed E-state index contributed by atoms with van der Waals surface area (Å²) in [5.41, 5.74) is 0.410. The van der Waals surface area contributed by atoms with E-state index in [1.165, 1.54) is 0 Å². The van der Waals surface area contributed by atoms with E-state index in [0.29, 0.717) is 5.41 Å². The standard InChI is InChI=1S/C10H17N5O/c1-10(2)5-3-7(4-6-10)11-9(16)8-12-14-15-13-8/h7H,3-6H2,1-2H3,(H,11,16)(H,12,13,14,15). The zero-order chi connectivity index (χ0) is 11.6. The van der Waals surface area contributed by atoms with Gasteiger partial charge in [0.1, 0.15) is 0 Å². The predicted octanol–water partition coefficient (Wildman–Crippen LogP) is 0.898. The summed E-state index contributed by atoms with van der Waals surface area (Å²) in [6.45, 7) is 4.54. The van der Waals surface area contributed by atoms with Crippen molar-refractivity contribution in [1.29, 1.82) is 0 Å². The number of amides is 1. The molecule has 0 spiro atoms. The van der Waals surface area contributed by atoms with Gasteiger partial charge in [-0.2, -0.15) is 5.21 Å². The first kappa shape index (κ1) is 11.0. The summed E-state index contributed by atoms with van der Waals surface area (Å²) >= 11 is 0. The molecular weight excluding hydrogens is 206 g/mol. The van der Waals surface area contributed by atoms with Crippen molar-refractivity contribution < 1.29 is 4.79 Å². The van der Waals surface area contributed by atoms with Crippen molar-refractivity contribution in [2.24, 2.45) is 5.41 Å². The summed E-state index contributed by atoms with van der Waals surface area (Å²) < 4.78 is 0. The van der Waals surface area contributed by atoms with E-state index in [1.807, 2.05) is 0 Å². The van der Waals surface area contributed by atoms with Crippen LogP contribution in [-0.4, -0.2) is 32.6 Å². The van der Waals surface area contributed by atoms with E-state index in [1.54, 1.807) is 0 Å². The number of nitrogens with zero attached hydrogens (tertiary/aromatic N) is 3. The van der Waals surface area contributed by atoms with Crippen molar-refractivity contribution in [3.8, 4) is 0 Å². The Bertz CT molecular complexity index is 349. The molecule has 1 aliphatic carbocycles. The number of aromatic amines is 1. The topological polar surface area (TPSA) is 83.6 Å². The van der Waals surface area contributed by atoms with Gasteiger partial charge in [-0.1, -0.05) is 13.8 Å². The summed E-state index contributed by atoms with van der Waals surface area (Å²) in [4.78, 5) is 11.6. The molecule has 0 aromatic carbocycles. The van der Waals surface area contributed by atoms with E-state index in [2.05, 4.69) is 39.8 Å². The van der Waals surface area contributed by atoms with Gasteiger partial charge < -0.3 is 5.32 Å². The van der Waals surface area contributed by atoms with Crippen LogP contribution in [0.15, 0.2) is 0 Å². The van der Waals surface area contributed by atoms with Gasteiger partial charge in [0, 0.05) is 6.04 Å². The first-order valence-electron chi connectivity index (χ1n) is 5.61. The monoisotopic (exact) mass is 223 g/mol. The number of H-pyrrole nitrogens is 1. The van der Waals surface area contributed by atoms with Crippen LogP contribution in [0.1, 0.15) is 50.1 Å². The minimum Gasteiger partial charge on any atom is -0.346 e. The Morgan fingerprint density at radius 1 is 1.44 bits per heavy atom. The van der Waals surface area contributed by atoms with E-state index in [4.69, 9.17) is 0 Å². The Balaban J connectivity index is 1.85. The molecule has 1 aromatic heterocycles. The number of hydrogen-bond acceptors (Lipinski definition) is 4. The molecule has 0 radical (unpaired) electrons. The maximum atomic E-state index is 11.6. The largest absolute Gasteiger partial charge is 0.346 e. The second-order valence-corrected chi connectivity index (χ2v) is 5.15. The van der Waals surface area contributed by atoms with Gasteiger partial charge in [0.25, 0.3) is 11.7 Å². The molecule has 1 fully saturated rings. The molecular formula is C10H17N5O. The highest BCUT2D eigenvalue weighted by Gasteiger charge is 2.28. The van der Waals surface area contributed by atoms with Crippen molar-refractivity contribution in [3.63, 3.8) is 0 Å². The molecule has 1 heterocycles. The number of carbonyl (C=O) groups excluding carboxylic acids is 1. The minimum atomic E-state index is -0.238. The lowest BCUT2D eigenvalue weighted by atomic mass is 9.75. The van der Waals surface area contributed by atoms with Crippen LogP contribution in [0.5, 0.6) is 0 Å². The summed E-state index contributed by atoms with van der Waals surface area (Å²) in [5.74, 6) is -0.122. The van der Waals surface area contributed by atoms with Crippen LogP contribution >= 0.6 is 0 Å². The van der Waals surface area contributed by atoms with E-state index in [-0.39, 0.29) is 17.8 Å². The lowest BCUT2D eigenvalue weighted by Gasteiger charge is -2.34. The first-order chi connectivity index (χ1) is 7.57. The fourth-order valence-electron chi connectivity index (χ4n) is 2.05. The minimum absolute atomic E-state index is 0.116. The molecule has 88 valence electrons. The number of tetrazole rings is 1. The van der Waals surface area contributed by atoms with Gasteiger partial charge in [0.2, 0.25) is 0 Å². The van der Waals surface area contributed by atoms with Gasteiger partial charge in [0.15, 0.2) is 0 Å². The molecule has 0 unspecified atom stereocenters. The normalized spacial score (nSPS) is 20.6. The SMILES string of the molecule is CC1(C)CCC(NC(=O)c2nn[nH]n2)CC1. The van der Waals surface area contributed by atoms with Gasteiger partial charge in [-0.3, -0.25) is 4.79 Å². The highest BCUT2D eigenvalue weighted by atomic mass is 16.2. The third-order valence-electron chi connectivity index (χ3n) is 3.22. The predicted molar refractivity (Wildman–Crippen MR) is 57.7 cm³/mol. The third-order valence-corrected chi connectivity index (χ3v) is 3.22. The molecule has 2 rings (SSSR count). The average Bonchev–Trinajstić information content (AvgIpc) is 2.74. The van der Waals surface area contributed by atoms with Gasteiger partial charge in [0.05, 0.1) is 0 Å². The zero-order valence-electron chi connectivity index (χ0n) is 9.66. The lowest BCUT2D eigenvalue weighted by molar-refractivity contribution is 0.0898. The van der Waals surface area contributed by atoms with E-state index < -0.39 is 0 Å². The van der Waals surface area contributed by atoms with E-state index in [9.17, 15) is 4.79 Å². The lowest BCUT2D eigenvalue weighted by Crippen LogP contribution is -2.39. The van der Waals surface area contributed by atoms with Crippen LogP contribution in [-0.2, 0) is 0 Å². The molecule has 1 saturated carbocycles. The molecule has 0 aliphatic heterocycles. The number of carbonyl (C=O) groups is 1. The summed E-state index contributed by atoms with van der Waals surface area (Å²) in [5, 5.41) is 15.9. The quantitative estimate of drug-likeness (QED) is 0.780. The number of nitrogens with one attached hydrogen (secondary N) is 2. The molecule has 0 atom stereocenters. The van der Waals surface area contributed by atoms with Crippen LogP contribution in [0.4, 0.5) is 0 Å². The molecule has 1 aliphatic rings. The molecule has 0 saturated heterocycles. The molecule has 2 N–H and O–H groups in total. The molecule has 16 heavy (non-hydrogen) atoms. The fourth-order valence-corrected chi connectivity index (χ4v) is 2.05. The van der Waals surface area contributed by atoms with Gasteiger partial charge in [-0.25, -0.2) is 0 Å². The second kappa shape index (κ2) is 4.19. The maximum absolute atomic E-state index is 11.6. The molecule has 6 heteroatoms. The Hall–Kier alpha value is -1.46. The smallest absolute Gasteiger partial charge is 0.293 e. The van der Waals surface area contributed by atoms with Crippen LogP contribution in [0, 0.1) is 5.41 Å². The molecule has 0 bridgehead atoms. The molecule has 6 nitrogen and oxygen atoms in total. The van der Waals surface area contributed by atoms with Crippen LogP contribution in [0.3, 0.4) is 0 Å². The van der Waals surface area contributed by atoms with Crippen molar-refractivity contribution in [3.05, 3.63) is 5.82 Å². The van der Waals surface area contributed by atoms with Crippen molar-refractivity contribution >= 4 is 5.91 Å². The van der Waals surface area contributed by atoms with Gasteiger partial charge in [-0.05, 0) is 36.3 Å². The average molecular weight is 223 g/mol. The number of rotatable bonds is 2. The van der Waals surface area contributed by atoms with Gasteiger partial charge in [-0.15, -0.1) is 10.2 Å². The summed E-state index contributed by atoms with van der Waals surface area (Å²) in [6.07, 6.45) is 4.33. The maximum Gasteiger partial charge on any atom is 0.293 e. The Kier molecular flexibility index (Phi) is 2.89. The second-order valence-electron chi connectivity index (χ2n) is 5.15. The fraction of sp³-hybridized carbons (Fsp3) is 0.800. The van der Waals surface area contributed by atoms with E-state index >= 15 is 0 Å². The Labute approximate surface area is 94.2 Å². The highest BCUT2D eigenvalue weighted by molar-refractivity contribution is 5.90. The third kappa shape index (κ3) is 2.56. The van der Waals surface area contributed by atoms with E-state index in [0.717, 1.165) is 25.7 Å². The zero-order valence-corrected chi connectivity index (χ0v) is 9.66. The number of hydrogen-bond donors (Lipinski definition) is 2. The van der Waals surface area contributed by atoms with Crippen LogP contribution in [0.2, 0.25) is 0 Å². The Morgan fingerprint density at radius 3 is 2.69 bits per heavy atom. The summed E-state index contributed by atoms with van der Waals surface area (Å²) in [7, 11) is 0. The van der Waals surface area contributed by atoms with Gasteiger partial charge >= 0.3 is 0 Å². The van der Waals surface area contributed by atoms with Crippen LogP contribution < -0.4 is 5.32 Å². The van der Waals surface area contributed by atoms with Crippen molar-refractivity contribution in [1.82, 2.24) is 25.9 Å². The highest BCUT2D eigenvalue weighted by Crippen LogP contribution is 2.34. The first-order valence-corrected chi connectivity index (χ1v) is 5.61. The van der Waals surface area contributed by atoms with Crippen LogP contribution in [0.25, 0.3) is 0 Å². The molecule has 1 amide bonds. The van der Waals surface area contributed by atoms with Crippen molar-refractivity contribution in [2.75, 3.05) is 0 Å². The number of aromatic nitrogens is 4. The molecule has 1 aromatic rings. The Morgan fingerprint density at radius 2 is 2.12 bits per heavy atom.